The highest BCUT2D eigenvalue weighted by atomic mass is 32.2. The van der Waals surface area contributed by atoms with E-state index in [1.54, 1.807) is 12.1 Å². The molecule has 4 nitrogen and oxygen atoms in total. The Bertz CT molecular complexity index is 546. The SMILES string of the molecule is Cc1ccc(S(N)(=O)=O)c(C2CCCCC2)c1N. The summed E-state index contributed by atoms with van der Waals surface area (Å²) >= 11 is 0. The number of nitrogen functional groups attached to an aromatic ring is 1. The van der Waals surface area contributed by atoms with Gasteiger partial charge in [-0.3, -0.25) is 0 Å². The third kappa shape index (κ3) is 2.52. The molecule has 1 aliphatic rings. The molecule has 100 valence electrons. The Hall–Kier alpha value is -1.07. The average molecular weight is 268 g/mol. The first-order valence-electron chi connectivity index (χ1n) is 6.33. The lowest BCUT2D eigenvalue weighted by Gasteiger charge is -2.25. The highest BCUT2D eigenvalue weighted by Crippen LogP contribution is 2.39. The van der Waals surface area contributed by atoms with E-state index in [2.05, 4.69) is 0 Å². The predicted molar refractivity (Wildman–Crippen MR) is 72.8 cm³/mol. The lowest BCUT2D eigenvalue weighted by atomic mass is 9.82. The normalized spacial score (nSPS) is 17.9. The number of aryl methyl sites for hydroxylation is 1. The molecule has 0 atom stereocenters. The van der Waals surface area contributed by atoms with Crippen LogP contribution in [0.15, 0.2) is 17.0 Å². The second kappa shape index (κ2) is 4.90. The molecule has 0 bridgehead atoms. The highest BCUT2D eigenvalue weighted by Gasteiger charge is 2.25. The van der Waals surface area contributed by atoms with E-state index in [0.29, 0.717) is 5.69 Å². The lowest BCUT2D eigenvalue weighted by molar-refractivity contribution is 0.439. The molecule has 0 radical (unpaired) electrons. The van der Waals surface area contributed by atoms with Gasteiger partial charge in [0.15, 0.2) is 0 Å². The summed E-state index contributed by atoms with van der Waals surface area (Å²) in [5.74, 6) is 0.229. The van der Waals surface area contributed by atoms with Crippen molar-refractivity contribution in [3.05, 3.63) is 23.3 Å². The second-order valence-corrected chi connectivity index (χ2v) is 6.62. The molecular weight excluding hydrogens is 248 g/mol. The molecule has 0 aliphatic heterocycles. The van der Waals surface area contributed by atoms with Crippen molar-refractivity contribution in [2.24, 2.45) is 5.14 Å². The van der Waals surface area contributed by atoms with Gasteiger partial charge in [0.25, 0.3) is 0 Å². The maximum atomic E-state index is 11.7. The van der Waals surface area contributed by atoms with Crippen molar-refractivity contribution < 1.29 is 8.42 Å². The molecule has 18 heavy (non-hydrogen) atoms. The van der Waals surface area contributed by atoms with E-state index in [-0.39, 0.29) is 10.8 Å². The van der Waals surface area contributed by atoms with Gasteiger partial charge in [-0.1, -0.05) is 25.3 Å². The van der Waals surface area contributed by atoms with Gasteiger partial charge in [-0.2, -0.15) is 0 Å². The molecule has 1 aliphatic carbocycles. The van der Waals surface area contributed by atoms with Gasteiger partial charge in [-0.25, -0.2) is 13.6 Å². The number of hydrogen-bond donors (Lipinski definition) is 2. The smallest absolute Gasteiger partial charge is 0.238 e. The zero-order valence-corrected chi connectivity index (χ0v) is 11.5. The Morgan fingerprint density at radius 3 is 2.33 bits per heavy atom. The van der Waals surface area contributed by atoms with Crippen molar-refractivity contribution in [1.82, 2.24) is 0 Å². The number of nitrogens with two attached hydrogens (primary N) is 2. The number of hydrogen-bond acceptors (Lipinski definition) is 3. The maximum absolute atomic E-state index is 11.7. The molecule has 0 heterocycles. The lowest BCUT2D eigenvalue weighted by Crippen LogP contribution is -2.19. The van der Waals surface area contributed by atoms with E-state index >= 15 is 0 Å². The highest BCUT2D eigenvalue weighted by molar-refractivity contribution is 7.89. The molecule has 0 spiro atoms. The fraction of sp³-hybridized carbons (Fsp3) is 0.538. The van der Waals surface area contributed by atoms with Gasteiger partial charge in [-0.05, 0) is 42.9 Å². The quantitative estimate of drug-likeness (QED) is 0.807. The van der Waals surface area contributed by atoms with E-state index in [9.17, 15) is 8.42 Å². The summed E-state index contributed by atoms with van der Waals surface area (Å²) in [6, 6.07) is 3.31. The first-order valence-corrected chi connectivity index (χ1v) is 7.87. The Labute approximate surface area is 108 Å². The molecule has 1 aromatic rings. The van der Waals surface area contributed by atoms with E-state index < -0.39 is 10.0 Å². The Kier molecular flexibility index (Phi) is 3.64. The van der Waals surface area contributed by atoms with Gasteiger partial charge in [0.2, 0.25) is 10.0 Å². The number of rotatable bonds is 2. The van der Waals surface area contributed by atoms with Crippen LogP contribution in [0.1, 0.15) is 49.1 Å². The molecule has 1 aromatic carbocycles. The predicted octanol–water partition coefficient (Wildman–Crippen LogP) is 2.27. The molecule has 1 fully saturated rings. The minimum absolute atomic E-state index is 0.206. The van der Waals surface area contributed by atoms with Crippen molar-refractivity contribution in [3.63, 3.8) is 0 Å². The average Bonchev–Trinajstić information content (AvgIpc) is 2.32. The molecule has 0 unspecified atom stereocenters. The van der Waals surface area contributed by atoms with Crippen molar-refractivity contribution in [3.8, 4) is 0 Å². The summed E-state index contributed by atoms with van der Waals surface area (Å²) in [6.45, 7) is 1.90. The van der Waals surface area contributed by atoms with Gasteiger partial charge in [0.1, 0.15) is 0 Å². The van der Waals surface area contributed by atoms with Crippen LogP contribution in [0.25, 0.3) is 0 Å². The minimum atomic E-state index is -3.70. The number of benzene rings is 1. The third-order valence-electron chi connectivity index (χ3n) is 3.79. The maximum Gasteiger partial charge on any atom is 0.238 e. The number of sulfonamides is 1. The molecule has 0 amide bonds. The van der Waals surface area contributed by atoms with E-state index in [1.165, 1.54) is 6.42 Å². The van der Waals surface area contributed by atoms with Crippen LogP contribution in [0, 0.1) is 6.92 Å². The number of primary sulfonamides is 1. The molecule has 5 heteroatoms. The van der Waals surface area contributed by atoms with Crippen molar-refractivity contribution in [1.29, 1.82) is 0 Å². The Morgan fingerprint density at radius 1 is 1.17 bits per heavy atom. The van der Waals surface area contributed by atoms with Crippen LogP contribution in [0.2, 0.25) is 0 Å². The molecule has 1 saturated carbocycles. The van der Waals surface area contributed by atoms with Gasteiger partial charge in [0.05, 0.1) is 4.90 Å². The third-order valence-corrected chi connectivity index (χ3v) is 4.75. The number of anilines is 1. The summed E-state index contributed by atoms with van der Waals surface area (Å²) in [4.78, 5) is 0.206. The monoisotopic (exact) mass is 268 g/mol. The largest absolute Gasteiger partial charge is 0.398 e. The summed E-state index contributed by atoms with van der Waals surface area (Å²) < 4.78 is 23.4. The van der Waals surface area contributed by atoms with Crippen LogP contribution in [0.4, 0.5) is 5.69 Å². The van der Waals surface area contributed by atoms with Gasteiger partial charge < -0.3 is 5.73 Å². The van der Waals surface area contributed by atoms with E-state index in [4.69, 9.17) is 10.9 Å². The minimum Gasteiger partial charge on any atom is -0.398 e. The van der Waals surface area contributed by atoms with Crippen LogP contribution < -0.4 is 10.9 Å². The standard InChI is InChI=1S/C13H20N2O2S/c1-9-7-8-11(18(15,16)17)12(13(9)14)10-5-3-2-4-6-10/h7-8,10H,2-6,14H2,1H3,(H2,15,16,17). The fourth-order valence-electron chi connectivity index (χ4n) is 2.79. The Balaban J connectivity index is 2.58. The summed E-state index contributed by atoms with van der Waals surface area (Å²) in [6.07, 6.45) is 5.46. The first-order chi connectivity index (χ1) is 8.41. The van der Waals surface area contributed by atoms with Gasteiger partial charge in [-0.15, -0.1) is 0 Å². The molecule has 4 N–H and O–H groups in total. The molecular formula is C13H20N2O2S. The first kappa shape index (κ1) is 13.4. The van der Waals surface area contributed by atoms with Crippen LogP contribution in [0.3, 0.4) is 0 Å². The zero-order valence-electron chi connectivity index (χ0n) is 10.6. The van der Waals surface area contributed by atoms with Crippen molar-refractivity contribution in [2.75, 3.05) is 5.73 Å². The van der Waals surface area contributed by atoms with E-state index in [0.717, 1.165) is 36.8 Å². The molecule has 0 saturated heterocycles. The van der Waals surface area contributed by atoms with Gasteiger partial charge >= 0.3 is 0 Å². The van der Waals surface area contributed by atoms with E-state index in [1.807, 2.05) is 6.92 Å². The Morgan fingerprint density at radius 2 is 1.78 bits per heavy atom. The van der Waals surface area contributed by atoms with Crippen LogP contribution in [-0.2, 0) is 10.0 Å². The fourth-order valence-corrected chi connectivity index (χ4v) is 3.63. The second-order valence-electron chi connectivity index (χ2n) is 5.09. The summed E-state index contributed by atoms with van der Waals surface area (Å²) in [5, 5.41) is 5.30. The van der Waals surface area contributed by atoms with Crippen LogP contribution in [-0.4, -0.2) is 8.42 Å². The molecule has 0 aromatic heterocycles. The van der Waals surface area contributed by atoms with Crippen LogP contribution in [0.5, 0.6) is 0 Å². The van der Waals surface area contributed by atoms with Crippen molar-refractivity contribution in [2.45, 2.75) is 49.8 Å². The van der Waals surface area contributed by atoms with Crippen molar-refractivity contribution >= 4 is 15.7 Å². The molecule has 2 rings (SSSR count). The summed E-state index contributed by atoms with van der Waals surface area (Å²) in [7, 11) is -3.70. The topological polar surface area (TPSA) is 86.2 Å². The van der Waals surface area contributed by atoms with Crippen LogP contribution >= 0.6 is 0 Å². The zero-order chi connectivity index (χ0) is 13.3. The van der Waals surface area contributed by atoms with Gasteiger partial charge in [0, 0.05) is 5.69 Å². The summed E-state index contributed by atoms with van der Waals surface area (Å²) in [5.41, 5.74) is 8.35.